The molecule has 204 valence electrons. The van der Waals surface area contributed by atoms with E-state index < -0.39 is 32.6 Å². The van der Waals surface area contributed by atoms with E-state index in [2.05, 4.69) is 13.2 Å². The lowest BCUT2D eigenvalue weighted by molar-refractivity contribution is -0.144. The molecule has 0 aliphatic carbocycles. The Kier molecular flexibility index (Phi) is 17.4. The number of hydrogen-bond donors (Lipinski definition) is 1. The van der Waals surface area contributed by atoms with Crippen LogP contribution < -0.4 is 4.74 Å². The molecule has 9 nitrogen and oxygen atoms in total. The smallest absolute Gasteiger partial charge is 0.491 e. The topological polar surface area (TPSA) is 110 Å². The maximum Gasteiger partial charge on any atom is 0.544 e. The van der Waals surface area contributed by atoms with E-state index in [-0.39, 0.29) is 13.2 Å². The second kappa shape index (κ2) is 18.7. The molecule has 0 saturated heterocycles. The van der Waals surface area contributed by atoms with Crippen molar-refractivity contribution in [1.82, 2.24) is 0 Å². The van der Waals surface area contributed by atoms with Gasteiger partial charge in [0.2, 0.25) is 0 Å². The van der Waals surface area contributed by atoms with E-state index >= 15 is 0 Å². The highest BCUT2D eigenvalue weighted by Gasteiger charge is 2.51. The molecule has 1 rings (SSSR count). The zero-order valence-corrected chi connectivity index (χ0v) is 23.4. The highest BCUT2D eigenvalue weighted by molar-refractivity contribution is 6.62. The van der Waals surface area contributed by atoms with Crippen molar-refractivity contribution in [2.24, 2.45) is 0 Å². The average Bonchev–Trinajstić information content (AvgIpc) is 2.85. The summed E-state index contributed by atoms with van der Waals surface area (Å²) in [4.78, 5) is 22.8. The molecule has 36 heavy (non-hydrogen) atoms. The van der Waals surface area contributed by atoms with Crippen LogP contribution in [-0.4, -0.2) is 70.7 Å². The Morgan fingerprint density at radius 2 is 1.36 bits per heavy atom. The van der Waals surface area contributed by atoms with Crippen LogP contribution in [0, 0.1) is 0 Å². The highest BCUT2D eigenvalue weighted by Crippen LogP contribution is 2.21. The second-order valence-corrected chi connectivity index (χ2v) is 10.4. The van der Waals surface area contributed by atoms with Crippen molar-refractivity contribution in [3.8, 4) is 5.75 Å². The summed E-state index contributed by atoms with van der Waals surface area (Å²) in [6.07, 6.45) is -0.274. The quantitative estimate of drug-likeness (QED) is 0.194. The van der Waals surface area contributed by atoms with E-state index in [0.717, 1.165) is 0 Å². The molecular weight excluding hydrogens is 484 g/mol. The van der Waals surface area contributed by atoms with E-state index in [1.165, 1.54) is 0 Å². The van der Waals surface area contributed by atoms with Gasteiger partial charge in [0.05, 0.1) is 0 Å². The van der Waals surface area contributed by atoms with Crippen molar-refractivity contribution < 1.29 is 42.2 Å². The third-order valence-corrected chi connectivity index (χ3v) is 7.73. The van der Waals surface area contributed by atoms with Crippen LogP contribution in [0.15, 0.2) is 54.6 Å². The number of carbonyl (C=O) groups is 2. The summed E-state index contributed by atoms with van der Waals surface area (Å²) in [7, 11) is -3.02. The number of aliphatic hydroxyl groups is 1. The van der Waals surface area contributed by atoms with Gasteiger partial charge < -0.3 is 32.6 Å². The standard InChI is InChI=1S/C13H26O5Si.C13H16O4/c1-7-12(18-13(14)11(5)6)19(15-8-2,16-9-3)17-10-4;1-10(2)13(15)17-9-11(14)8-16-12-6-4-3-5-7-12/h12H,5,7-10H2,1-4,6H3;3-7,11,14H,1,8-9H2,2H3. The van der Waals surface area contributed by atoms with Gasteiger partial charge in [-0.05, 0) is 53.2 Å². The van der Waals surface area contributed by atoms with Crippen LogP contribution in [0.25, 0.3) is 0 Å². The average molecular weight is 527 g/mol. The molecule has 0 fully saturated rings. The monoisotopic (exact) mass is 526 g/mol. The maximum atomic E-state index is 11.7. The molecule has 0 aliphatic heterocycles. The summed E-state index contributed by atoms with van der Waals surface area (Å²) in [6.45, 7) is 19.0. The van der Waals surface area contributed by atoms with Crippen LogP contribution >= 0.6 is 0 Å². The summed E-state index contributed by atoms with van der Waals surface area (Å²) in [5, 5.41) is 9.51. The molecule has 0 aliphatic rings. The predicted octanol–water partition coefficient (Wildman–Crippen LogP) is 4.02. The van der Waals surface area contributed by atoms with Crippen LogP contribution in [0.3, 0.4) is 0 Å². The van der Waals surface area contributed by atoms with Gasteiger partial charge in [0, 0.05) is 31.0 Å². The van der Waals surface area contributed by atoms with E-state index in [1.54, 1.807) is 26.0 Å². The van der Waals surface area contributed by atoms with Gasteiger partial charge in [-0.1, -0.05) is 38.3 Å². The van der Waals surface area contributed by atoms with Gasteiger partial charge in [0.25, 0.3) is 0 Å². The molecule has 0 saturated carbocycles. The van der Waals surface area contributed by atoms with Gasteiger partial charge in [-0.2, -0.15) is 0 Å². The van der Waals surface area contributed by atoms with Crippen LogP contribution in [0.1, 0.15) is 48.0 Å². The predicted molar refractivity (Wildman–Crippen MR) is 139 cm³/mol. The molecule has 1 aromatic carbocycles. The van der Waals surface area contributed by atoms with Crippen LogP contribution in [0.4, 0.5) is 0 Å². The normalized spacial score (nSPS) is 12.4. The van der Waals surface area contributed by atoms with Crippen molar-refractivity contribution in [3.05, 3.63) is 54.6 Å². The number of benzene rings is 1. The third-order valence-electron chi connectivity index (χ3n) is 4.34. The van der Waals surface area contributed by atoms with Gasteiger partial charge in [-0.15, -0.1) is 0 Å². The Hall–Kier alpha value is -2.50. The second-order valence-electron chi connectivity index (χ2n) is 7.64. The van der Waals surface area contributed by atoms with Crippen molar-refractivity contribution >= 4 is 20.7 Å². The van der Waals surface area contributed by atoms with Gasteiger partial charge >= 0.3 is 20.7 Å². The van der Waals surface area contributed by atoms with Gasteiger partial charge in [0.1, 0.15) is 25.1 Å². The molecule has 10 heteroatoms. The fourth-order valence-corrected chi connectivity index (χ4v) is 5.46. The van der Waals surface area contributed by atoms with Crippen LogP contribution in [0.5, 0.6) is 5.75 Å². The van der Waals surface area contributed by atoms with Crippen molar-refractivity contribution in [2.75, 3.05) is 33.0 Å². The van der Waals surface area contributed by atoms with Crippen LogP contribution in [0.2, 0.25) is 0 Å². The fraction of sp³-hybridized carbons (Fsp3) is 0.538. The van der Waals surface area contributed by atoms with Crippen molar-refractivity contribution in [3.63, 3.8) is 0 Å². The molecular formula is C26H42O9Si. The summed E-state index contributed by atoms with van der Waals surface area (Å²) in [5.41, 5.74) is 0.156. The molecule has 0 amide bonds. The fourth-order valence-electron chi connectivity index (χ4n) is 2.70. The zero-order chi connectivity index (χ0) is 27.6. The van der Waals surface area contributed by atoms with E-state index in [4.69, 9.17) is 27.5 Å². The molecule has 2 unspecified atom stereocenters. The number of ether oxygens (including phenoxy) is 3. The molecule has 0 radical (unpaired) electrons. The summed E-state index contributed by atoms with van der Waals surface area (Å²) in [5.74, 6) is -0.288. The molecule has 0 spiro atoms. The molecule has 1 N–H and O–H groups in total. The number of hydrogen-bond acceptors (Lipinski definition) is 9. The minimum atomic E-state index is -3.02. The first-order chi connectivity index (χ1) is 17.1. The minimum Gasteiger partial charge on any atom is -0.491 e. The van der Waals surface area contributed by atoms with E-state index in [1.807, 2.05) is 45.9 Å². The zero-order valence-electron chi connectivity index (χ0n) is 22.4. The van der Waals surface area contributed by atoms with Gasteiger partial charge in [-0.25, -0.2) is 9.59 Å². The first-order valence-corrected chi connectivity index (χ1v) is 13.8. The van der Waals surface area contributed by atoms with Crippen LogP contribution in [-0.2, 0) is 32.3 Å². The largest absolute Gasteiger partial charge is 0.544 e. The molecule has 2 atom stereocenters. The Morgan fingerprint density at radius 1 is 0.861 bits per heavy atom. The summed E-state index contributed by atoms with van der Waals surface area (Å²) >= 11 is 0. The minimum absolute atomic E-state index is 0.0769. The van der Waals surface area contributed by atoms with Crippen molar-refractivity contribution in [1.29, 1.82) is 0 Å². The number of rotatable bonds is 16. The van der Waals surface area contributed by atoms with Gasteiger partial charge in [-0.3, -0.25) is 0 Å². The van der Waals surface area contributed by atoms with Gasteiger partial charge in [0.15, 0.2) is 5.73 Å². The molecule has 1 aromatic rings. The Balaban J connectivity index is 0.000000684. The first kappa shape index (κ1) is 33.5. The number of esters is 2. The summed E-state index contributed by atoms with van der Waals surface area (Å²) < 4.78 is 32.7. The molecule has 0 aromatic heterocycles. The first-order valence-electron chi connectivity index (χ1n) is 12.0. The lowest BCUT2D eigenvalue weighted by Crippen LogP contribution is -2.58. The summed E-state index contributed by atoms with van der Waals surface area (Å²) in [6, 6.07) is 9.11. The highest BCUT2D eigenvalue weighted by atomic mass is 28.4. The number of para-hydroxylation sites is 1. The van der Waals surface area contributed by atoms with E-state index in [0.29, 0.717) is 43.1 Å². The Morgan fingerprint density at radius 3 is 1.78 bits per heavy atom. The SMILES string of the molecule is C=C(C)C(=O)OC(CC)[Si](OCC)(OCC)OCC.C=C(C)C(=O)OCC(O)COc1ccccc1. The molecule has 0 bridgehead atoms. The number of aliphatic hydroxyl groups excluding tert-OH is 1. The lowest BCUT2D eigenvalue weighted by atomic mass is 10.3. The Labute approximate surface area is 216 Å². The third kappa shape index (κ3) is 13.0. The Bertz CT molecular complexity index is 781. The van der Waals surface area contributed by atoms with Crippen molar-refractivity contribution in [2.45, 2.75) is 59.8 Å². The number of carbonyl (C=O) groups excluding carboxylic acids is 2. The molecule has 0 heterocycles. The van der Waals surface area contributed by atoms with E-state index in [9.17, 15) is 14.7 Å². The lowest BCUT2D eigenvalue weighted by Gasteiger charge is -2.34. The maximum absolute atomic E-state index is 11.7.